The lowest BCUT2D eigenvalue weighted by molar-refractivity contribution is 0.0904. The van der Waals surface area contributed by atoms with E-state index in [1.165, 1.54) is 12.3 Å². The molecule has 0 unspecified atom stereocenters. The van der Waals surface area contributed by atoms with Crippen molar-refractivity contribution < 1.29 is 13.2 Å². The van der Waals surface area contributed by atoms with E-state index in [-0.39, 0.29) is 10.9 Å². The second-order valence-corrected chi connectivity index (χ2v) is 9.66. The van der Waals surface area contributed by atoms with E-state index in [1.54, 1.807) is 26.1 Å². The van der Waals surface area contributed by atoms with Crippen LogP contribution in [0, 0.1) is 0 Å². The number of aromatic amines is 1. The van der Waals surface area contributed by atoms with E-state index in [4.69, 9.17) is 4.74 Å². The second kappa shape index (κ2) is 7.48. The molecule has 9 heteroatoms. The summed E-state index contributed by atoms with van der Waals surface area (Å²) >= 11 is 0. The van der Waals surface area contributed by atoms with Gasteiger partial charge in [-0.3, -0.25) is 10.1 Å². The van der Waals surface area contributed by atoms with Crippen LogP contribution in [0.25, 0.3) is 22.3 Å². The van der Waals surface area contributed by atoms with Gasteiger partial charge in [-0.15, -0.1) is 0 Å². The largest absolute Gasteiger partial charge is 0.381 e. The summed E-state index contributed by atoms with van der Waals surface area (Å²) in [7, 11) is -3.40. The van der Waals surface area contributed by atoms with Gasteiger partial charge in [0.05, 0.1) is 26.7 Å². The molecule has 4 rings (SSSR count). The van der Waals surface area contributed by atoms with Crippen LogP contribution in [0.4, 0.5) is 5.82 Å². The Morgan fingerprint density at radius 3 is 2.68 bits per heavy atom. The van der Waals surface area contributed by atoms with Gasteiger partial charge >= 0.3 is 0 Å². The van der Waals surface area contributed by atoms with Crippen molar-refractivity contribution in [1.29, 1.82) is 0 Å². The Morgan fingerprint density at radius 1 is 1.18 bits per heavy atom. The third-order valence-corrected chi connectivity index (χ3v) is 7.11. The third kappa shape index (κ3) is 3.47. The highest BCUT2D eigenvalue weighted by molar-refractivity contribution is 7.92. The van der Waals surface area contributed by atoms with Crippen molar-refractivity contribution in [2.24, 2.45) is 0 Å². The minimum Gasteiger partial charge on any atom is -0.381 e. The molecule has 0 aliphatic carbocycles. The molecule has 0 aromatic carbocycles. The second-order valence-electron chi connectivity index (χ2n) is 7.16. The number of hydrogen-bond acceptors (Lipinski definition) is 7. The molecule has 0 saturated carbocycles. The fourth-order valence-corrected chi connectivity index (χ4v) is 4.36. The SMILES string of the molecule is CC(C)S(=O)(=O)c1ccnc(-c2n[nH]c3ccnc(NC4CCOCC4)c23)c1. The smallest absolute Gasteiger partial charge is 0.180 e. The molecule has 1 aliphatic heterocycles. The first kappa shape index (κ1) is 18.8. The summed E-state index contributed by atoms with van der Waals surface area (Å²) < 4.78 is 30.5. The molecule has 1 fully saturated rings. The van der Waals surface area contributed by atoms with E-state index < -0.39 is 15.1 Å². The number of nitrogens with one attached hydrogen (secondary N) is 2. The first-order chi connectivity index (χ1) is 13.5. The van der Waals surface area contributed by atoms with Crippen LogP contribution in [0.1, 0.15) is 26.7 Å². The van der Waals surface area contributed by atoms with Crippen molar-refractivity contribution in [2.45, 2.75) is 42.9 Å². The number of ether oxygens (including phenoxy) is 1. The van der Waals surface area contributed by atoms with Gasteiger partial charge in [0, 0.05) is 31.6 Å². The number of pyridine rings is 2. The number of aromatic nitrogens is 4. The molecule has 0 radical (unpaired) electrons. The van der Waals surface area contributed by atoms with Crippen molar-refractivity contribution in [3.63, 3.8) is 0 Å². The Hall–Kier alpha value is -2.52. The number of sulfone groups is 1. The Balaban J connectivity index is 1.77. The summed E-state index contributed by atoms with van der Waals surface area (Å²) in [5.41, 5.74) is 1.90. The molecule has 1 saturated heterocycles. The summed E-state index contributed by atoms with van der Waals surface area (Å²) in [6.07, 6.45) is 5.04. The lowest BCUT2D eigenvalue weighted by Gasteiger charge is -2.24. The van der Waals surface area contributed by atoms with Crippen molar-refractivity contribution in [2.75, 3.05) is 18.5 Å². The van der Waals surface area contributed by atoms with E-state index >= 15 is 0 Å². The molecule has 8 nitrogen and oxygen atoms in total. The average Bonchev–Trinajstić information content (AvgIpc) is 3.14. The number of hydrogen-bond donors (Lipinski definition) is 2. The molecule has 0 spiro atoms. The van der Waals surface area contributed by atoms with Crippen molar-refractivity contribution in [3.8, 4) is 11.4 Å². The fourth-order valence-electron chi connectivity index (χ4n) is 3.29. The first-order valence-corrected chi connectivity index (χ1v) is 10.9. The van der Waals surface area contributed by atoms with Gasteiger partial charge in [0.2, 0.25) is 0 Å². The van der Waals surface area contributed by atoms with E-state index in [9.17, 15) is 8.42 Å². The average molecular weight is 401 g/mol. The van der Waals surface area contributed by atoms with E-state index in [2.05, 4.69) is 25.5 Å². The van der Waals surface area contributed by atoms with Crippen LogP contribution in [0.15, 0.2) is 35.5 Å². The van der Waals surface area contributed by atoms with Crippen LogP contribution in [0.3, 0.4) is 0 Å². The standard InChI is InChI=1S/C19H23N5O3S/c1-12(2)28(25,26)14-3-7-20-16(11-14)18-17-15(23-24-18)4-8-21-19(17)22-13-5-9-27-10-6-13/h3-4,7-8,11-13H,5-6,9-10H2,1-2H3,(H,21,22)(H,23,24). The van der Waals surface area contributed by atoms with Crippen LogP contribution in [-0.4, -0.2) is 53.1 Å². The molecule has 148 valence electrons. The van der Waals surface area contributed by atoms with E-state index in [1.807, 2.05) is 6.07 Å². The van der Waals surface area contributed by atoms with Crippen LogP contribution < -0.4 is 5.32 Å². The van der Waals surface area contributed by atoms with Gasteiger partial charge in [-0.25, -0.2) is 13.4 Å². The van der Waals surface area contributed by atoms with E-state index in [0.29, 0.717) is 17.2 Å². The molecule has 2 N–H and O–H groups in total. The van der Waals surface area contributed by atoms with Crippen molar-refractivity contribution >= 4 is 26.6 Å². The van der Waals surface area contributed by atoms with Gasteiger partial charge in [-0.05, 0) is 44.9 Å². The number of rotatable bonds is 5. The molecule has 28 heavy (non-hydrogen) atoms. The summed E-state index contributed by atoms with van der Waals surface area (Å²) in [5, 5.41) is 11.2. The molecule has 0 amide bonds. The predicted octanol–water partition coefficient (Wildman–Crippen LogP) is 2.79. The molecule has 4 heterocycles. The lowest BCUT2D eigenvalue weighted by Crippen LogP contribution is -2.28. The van der Waals surface area contributed by atoms with Crippen molar-refractivity contribution in [3.05, 3.63) is 30.6 Å². The Morgan fingerprint density at radius 2 is 1.93 bits per heavy atom. The van der Waals surface area contributed by atoms with Crippen LogP contribution in [0.2, 0.25) is 0 Å². The maximum Gasteiger partial charge on any atom is 0.180 e. The van der Waals surface area contributed by atoms with Gasteiger partial charge in [0.25, 0.3) is 0 Å². The molecular weight excluding hydrogens is 378 g/mol. The number of nitrogens with zero attached hydrogens (tertiary/aromatic N) is 3. The fraction of sp³-hybridized carbons (Fsp3) is 0.421. The van der Waals surface area contributed by atoms with Gasteiger partial charge in [-0.1, -0.05) is 0 Å². The van der Waals surface area contributed by atoms with Crippen LogP contribution in [0.5, 0.6) is 0 Å². The lowest BCUT2D eigenvalue weighted by atomic mass is 10.1. The molecule has 3 aromatic rings. The number of fused-ring (bicyclic) bond motifs is 1. The molecular formula is C19H23N5O3S. The Labute approximate surface area is 163 Å². The normalized spacial score (nSPS) is 16.0. The van der Waals surface area contributed by atoms with Gasteiger partial charge in [0.1, 0.15) is 11.5 Å². The summed E-state index contributed by atoms with van der Waals surface area (Å²) in [5.74, 6) is 0.715. The van der Waals surface area contributed by atoms with Crippen LogP contribution >= 0.6 is 0 Å². The Kier molecular flexibility index (Phi) is 5.03. The maximum absolute atomic E-state index is 12.6. The third-order valence-electron chi connectivity index (χ3n) is 4.96. The van der Waals surface area contributed by atoms with Crippen molar-refractivity contribution in [1.82, 2.24) is 20.2 Å². The molecule has 3 aromatic heterocycles. The zero-order chi connectivity index (χ0) is 19.7. The first-order valence-electron chi connectivity index (χ1n) is 9.34. The van der Waals surface area contributed by atoms with Gasteiger partial charge < -0.3 is 10.1 Å². The minimum atomic E-state index is -3.40. The number of H-pyrrole nitrogens is 1. The summed E-state index contributed by atoms with van der Waals surface area (Å²) in [6, 6.07) is 5.22. The molecule has 0 bridgehead atoms. The minimum absolute atomic E-state index is 0.242. The molecule has 1 aliphatic rings. The molecule has 0 atom stereocenters. The number of anilines is 1. The Bertz CT molecular complexity index is 1090. The highest BCUT2D eigenvalue weighted by Gasteiger charge is 2.22. The zero-order valence-corrected chi connectivity index (χ0v) is 16.7. The monoisotopic (exact) mass is 401 g/mol. The van der Waals surface area contributed by atoms with Gasteiger partial charge in [-0.2, -0.15) is 5.10 Å². The quantitative estimate of drug-likeness (QED) is 0.676. The highest BCUT2D eigenvalue weighted by atomic mass is 32.2. The summed E-state index contributed by atoms with van der Waals surface area (Å²) in [4.78, 5) is 9.11. The highest BCUT2D eigenvalue weighted by Crippen LogP contribution is 2.32. The predicted molar refractivity (Wildman–Crippen MR) is 107 cm³/mol. The maximum atomic E-state index is 12.6. The van der Waals surface area contributed by atoms with Crippen LogP contribution in [-0.2, 0) is 14.6 Å². The zero-order valence-electron chi connectivity index (χ0n) is 15.8. The van der Waals surface area contributed by atoms with E-state index in [0.717, 1.165) is 37.0 Å². The van der Waals surface area contributed by atoms with Gasteiger partial charge in [0.15, 0.2) is 9.84 Å². The summed E-state index contributed by atoms with van der Waals surface area (Å²) in [6.45, 7) is 4.78. The topological polar surface area (TPSA) is 110 Å².